The normalized spacial score (nSPS) is 15.9. The highest BCUT2D eigenvalue weighted by Crippen LogP contribution is 2.36. The lowest BCUT2D eigenvalue weighted by Crippen LogP contribution is -2.21. The summed E-state index contributed by atoms with van der Waals surface area (Å²) in [5, 5.41) is 9.86. The standard InChI is InChI=1S/C18H22O5/c1-10(2)5-18(21)22-9-11(3)16-7-13-6-15(20)14(12(4)19)8-17(13)23-16/h6,8,10,16,20H,3,5,7,9H2,1-2,4H3. The van der Waals surface area contributed by atoms with Crippen LogP contribution in [-0.4, -0.2) is 29.6 Å². The number of carbonyl (C=O) groups excluding carboxylic acids is 2. The Morgan fingerprint density at radius 1 is 1.43 bits per heavy atom. The number of ether oxygens (including phenoxy) is 2. The van der Waals surface area contributed by atoms with Crippen LogP contribution in [0.3, 0.4) is 0 Å². The molecule has 0 aromatic heterocycles. The van der Waals surface area contributed by atoms with E-state index in [0.717, 1.165) is 5.56 Å². The summed E-state index contributed by atoms with van der Waals surface area (Å²) < 4.78 is 11.0. The minimum absolute atomic E-state index is 0.0468. The second-order valence-electron chi connectivity index (χ2n) is 6.26. The van der Waals surface area contributed by atoms with Crippen molar-refractivity contribution in [1.82, 2.24) is 0 Å². The quantitative estimate of drug-likeness (QED) is 0.496. The second-order valence-corrected chi connectivity index (χ2v) is 6.26. The van der Waals surface area contributed by atoms with Crippen LogP contribution in [0.1, 0.15) is 43.1 Å². The first-order valence-electron chi connectivity index (χ1n) is 7.64. The number of hydrogen-bond donors (Lipinski definition) is 1. The molecule has 5 heteroatoms. The summed E-state index contributed by atoms with van der Waals surface area (Å²) >= 11 is 0. The number of phenolic OH excluding ortho intramolecular Hbond substituents is 1. The Hall–Kier alpha value is -2.30. The second kappa shape index (κ2) is 6.86. The largest absolute Gasteiger partial charge is 0.507 e. The van der Waals surface area contributed by atoms with Gasteiger partial charge in [-0.1, -0.05) is 20.4 Å². The van der Waals surface area contributed by atoms with Crippen molar-refractivity contribution >= 4 is 11.8 Å². The lowest BCUT2D eigenvalue weighted by molar-refractivity contribution is -0.143. The van der Waals surface area contributed by atoms with Gasteiger partial charge in [0.25, 0.3) is 0 Å². The van der Waals surface area contributed by atoms with Gasteiger partial charge in [0.15, 0.2) is 5.78 Å². The predicted octanol–water partition coefficient (Wildman–Crippen LogP) is 3.04. The zero-order valence-corrected chi connectivity index (χ0v) is 13.7. The maximum absolute atomic E-state index is 11.6. The topological polar surface area (TPSA) is 72.8 Å². The molecule has 0 aliphatic carbocycles. The summed E-state index contributed by atoms with van der Waals surface area (Å²) in [5.41, 5.74) is 1.70. The van der Waals surface area contributed by atoms with Gasteiger partial charge in [-0.05, 0) is 25.0 Å². The molecule has 1 aromatic rings. The number of carbonyl (C=O) groups is 2. The fourth-order valence-electron chi connectivity index (χ4n) is 2.44. The smallest absolute Gasteiger partial charge is 0.306 e. The molecule has 0 fully saturated rings. The number of aromatic hydroxyl groups is 1. The van der Waals surface area contributed by atoms with Crippen LogP contribution >= 0.6 is 0 Å². The molecule has 1 heterocycles. The lowest BCUT2D eigenvalue weighted by atomic mass is 10.0. The van der Waals surface area contributed by atoms with Crippen LogP contribution in [0.5, 0.6) is 11.5 Å². The van der Waals surface area contributed by atoms with E-state index < -0.39 is 0 Å². The minimum Gasteiger partial charge on any atom is -0.507 e. The van der Waals surface area contributed by atoms with E-state index in [4.69, 9.17) is 9.47 Å². The maximum Gasteiger partial charge on any atom is 0.306 e. The summed E-state index contributed by atoms with van der Waals surface area (Å²) in [6.45, 7) is 9.32. The van der Waals surface area contributed by atoms with Gasteiger partial charge in [0.05, 0.1) is 5.56 Å². The molecule has 1 atom stereocenters. The fraction of sp³-hybridized carbons (Fsp3) is 0.444. The van der Waals surface area contributed by atoms with E-state index in [1.807, 2.05) is 13.8 Å². The van der Waals surface area contributed by atoms with Crippen molar-refractivity contribution in [2.45, 2.75) is 39.7 Å². The first-order chi connectivity index (χ1) is 10.8. The molecule has 0 radical (unpaired) electrons. The summed E-state index contributed by atoms with van der Waals surface area (Å²) in [5.74, 6) is 0.282. The van der Waals surface area contributed by atoms with Crippen LogP contribution < -0.4 is 4.74 Å². The van der Waals surface area contributed by atoms with Crippen LogP contribution in [0.2, 0.25) is 0 Å². The van der Waals surface area contributed by atoms with Crippen molar-refractivity contribution in [2.24, 2.45) is 5.92 Å². The van der Waals surface area contributed by atoms with Crippen LogP contribution in [-0.2, 0) is 16.0 Å². The Balaban J connectivity index is 1.98. The van der Waals surface area contributed by atoms with Gasteiger partial charge < -0.3 is 14.6 Å². The monoisotopic (exact) mass is 318 g/mol. The highest BCUT2D eigenvalue weighted by atomic mass is 16.5. The Labute approximate surface area is 135 Å². The number of hydrogen-bond acceptors (Lipinski definition) is 5. The molecular formula is C18H22O5. The Morgan fingerprint density at radius 3 is 2.74 bits per heavy atom. The van der Waals surface area contributed by atoms with Gasteiger partial charge in [0.2, 0.25) is 0 Å². The molecule has 1 aromatic carbocycles. The van der Waals surface area contributed by atoms with Crippen molar-refractivity contribution in [3.05, 3.63) is 35.4 Å². The molecule has 1 N–H and O–H groups in total. The molecule has 1 unspecified atom stereocenters. The molecule has 2 rings (SSSR count). The molecule has 0 spiro atoms. The van der Waals surface area contributed by atoms with E-state index >= 15 is 0 Å². The van der Waals surface area contributed by atoms with Crippen molar-refractivity contribution in [3.8, 4) is 11.5 Å². The zero-order chi connectivity index (χ0) is 17.1. The van der Waals surface area contributed by atoms with E-state index in [-0.39, 0.29) is 41.7 Å². The van der Waals surface area contributed by atoms with Crippen molar-refractivity contribution in [2.75, 3.05) is 6.61 Å². The van der Waals surface area contributed by atoms with Crippen molar-refractivity contribution in [1.29, 1.82) is 0 Å². The van der Waals surface area contributed by atoms with Crippen LogP contribution in [0.4, 0.5) is 0 Å². The van der Waals surface area contributed by atoms with E-state index in [1.165, 1.54) is 6.92 Å². The van der Waals surface area contributed by atoms with Crippen molar-refractivity contribution < 1.29 is 24.2 Å². The predicted molar refractivity (Wildman–Crippen MR) is 85.8 cm³/mol. The minimum atomic E-state index is -0.321. The third-order valence-corrected chi connectivity index (χ3v) is 3.68. The molecule has 0 amide bonds. The van der Waals surface area contributed by atoms with E-state index in [1.54, 1.807) is 12.1 Å². The molecule has 124 valence electrons. The van der Waals surface area contributed by atoms with E-state index in [9.17, 15) is 14.7 Å². The number of Topliss-reactive ketones (excluding diaryl/α,β-unsaturated/α-hetero) is 1. The number of esters is 1. The maximum atomic E-state index is 11.6. The number of rotatable bonds is 6. The van der Waals surface area contributed by atoms with Gasteiger partial charge in [-0.2, -0.15) is 0 Å². The zero-order valence-electron chi connectivity index (χ0n) is 13.7. The van der Waals surface area contributed by atoms with Gasteiger partial charge in [-0.15, -0.1) is 0 Å². The molecule has 23 heavy (non-hydrogen) atoms. The van der Waals surface area contributed by atoms with Gasteiger partial charge in [0, 0.05) is 24.0 Å². The van der Waals surface area contributed by atoms with Crippen LogP contribution in [0, 0.1) is 5.92 Å². The number of fused-ring (bicyclic) bond motifs is 1. The SMILES string of the molecule is C=C(COC(=O)CC(C)C)C1Cc2cc(O)c(C(C)=O)cc2O1. The average molecular weight is 318 g/mol. The Morgan fingerprint density at radius 2 is 2.13 bits per heavy atom. The van der Waals surface area contributed by atoms with Gasteiger partial charge >= 0.3 is 5.97 Å². The van der Waals surface area contributed by atoms with E-state index in [0.29, 0.717) is 24.2 Å². The van der Waals surface area contributed by atoms with Crippen LogP contribution in [0.25, 0.3) is 0 Å². The highest BCUT2D eigenvalue weighted by Gasteiger charge is 2.28. The summed E-state index contributed by atoms with van der Waals surface area (Å²) in [6, 6.07) is 3.09. The Kier molecular flexibility index (Phi) is 5.08. The molecule has 1 aliphatic heterocycles. The Bertz CT molecular complexity index is 645. The fourth-order valence-corrected chi connectivity index (χ4v) is 2.44. The molecular weight excluding hydrogens is 296 g/mol. The molecule has 0 bridgehead atoms. The van der Waals surface area contributed by atoms with Crippen molar-refractivity contribution in [3.63, 3.8) is 0 Å². The van der Waals surface area contributed by atoms with Crippen LogP contribution in [0.15, 0.2) is 24.3 Å². The summed E-state index contributed by atoms with van der Waals surface area (Å²) in [4.78, 5) is 23.0. The summed E-state index contributed by atoms with van der Waals surface area (Å²) in [6.07, 6.45) is 0.578. The average Bonchev–Trinajstić information content (AvgIpc) is 2.85. The number of ketones is 1. The summed E-state index contributed by atoms with van der Waals surface area (Å²) in [7, 11) is 0. The molecule has 5 nitrogen and oxygen atoms in total. The molecule has 0 saturated heterocycles. The molecule has 0 saturated carbocycles. The number of phenols is 1. The van der Waals surface area contributed by atoms with E-state index in [2.05, 4.69) is 6.58 Å². The highest BCUT2D eigenvalue weighted by molar-refractivity contribution is 5.97. The third-order valence-electron chi connectivity index (χ3n) is 3.68. The number of benzene rings is 1. The first-order valence-corrected chi connectivity index (χ1v) is 7.64. The molecule has 1 aliphatic rings. The first kappa shape index (κ1) is 17.1. The van der Waals surface area contributed by atoms with Gasteiger partial charge in [-0.3, -0.25) is 9.59 Å². The van der Waals surface area contributed by atoms with Gasteiger partial charge in [0.1, 0.15) is 24.2 Å². The lowest BCUT2D eigenvalue weighted by Gasteiger charge is -2.14. The third kappa shape index (κ3) is 4.12. The van der Waals surface area contributed by atoms with Gasteiger partial charge in [-0.25, -0.2) is 0 Å².